The van der Waals surface area contributed by atoms with Gasteiger partial charge in [-0.3, -0.25) is 0 Å². The molecule has 1 heterocycles. The SMILES string of the molecule is CNCC1CCCN(C2CCC(C(C)C)CC2)C1. The van der Waals surface area contributed by atoms with Gasteiger partial charge in [0.2, 0.25) is 0 Å². The molecule has 0 radical (unpaired) electrons. The summed E-state index contributed by atoms with van der Waals surface area (Å²) in [5.41, 5.74) is 0. The van der Waals surface area contributed by atoms with Gasteiger partial charge in [0, 0.05) is 12.6 Å². The van der Waals surface area contributed by atoms with Crippen molar-refractivity contribution in [3.8, 4) is 0 Å². The summed E-state index contributed by atoms with van der Waals surface area (Å²) in [6.45, 7) is 8.70. The lowest BCUT2D eigenvalue weighted by molar-refractivity contribution is 0.0802. The molecule has 1 atom stereocenters. The molecule has 2 aliphatic rings. The third kappa shape index (κ3) is 3.71. The number of rotatable bonds is 4. The van der Waals surface area contributed by atoms with E-state index in [1.807, 2.05) is 0 Å². The van der Waals surface area contributed by atoms with Gasteiger partial charge in [-0.25, -0.2) is 0 Å². The van der Waals surface area contributed by atoms with Crippen LogP contribution in [0.3, 0.4) is 0 Å². The van der Waals surface area contributed by atoms with Crippen LogP contribution < -0.4 is 5.32 Å². The predicted molar refractivity (Wildman–Crippen MR) is 78.8 cm³/mol. The lowest BCUT2D eigenvalue weighted by Gasteiger charge is -2.42. The first-order valence-corrected chi connectivity index (χ1v) is 8.09. The zero-order valence-corrected chi connectivity index (χ0v) is 12.6. The first-order chi connectivity index (χ1) is 8.70. The van der Waals surface area contributed by atoms with E-state index in [-0.39, 0.29) is 0 Å². The van der Waals surface area contributed by atoms with Gasteiger partial charge in [-0.1, -0.05) is 13.8 Å². The minimum Gasteiger partial charge on any atom is -0.319 e. The van der Waals surface area contributed by atoms with Crippen molar-refractivity contribution in [2.24, 2.45) is 17.8 Å². The summed E-state index contributed by atoms with van der Waals surface area (Å²) in [6.07, 6.45) is 8.68. The van der Waals surface area contributed by atoms with Crippen LogP contribution in [0.25, 0.3) is 0 Å². The molecule has 1 aliphatic heterocycles. The van der Waals surface area contributed by atoms with E-state index >= 15 is 0 Å². The number of likely N-dealkylation sites (tertiary alicyclic amines) is 1. The van der Waals surface area contributed by atoms with Crippen molar-refractivity contribution in [1.29, 1.82) is 0 Å². The molecule has 1 N–H and O–H groups in total. The van der Waals surface area contributed by atoms with Gasteiger partial charge in [-0.05, 0) is 76.4 Å². The summed E-state index contributed by atoms with van der Waals surface area (Å²) in [5.74, 6) is 2.79. The summed E-state index contributed by atoms with van der Waals surface area (Å²) >= 11 is 0. The van der Waals surface area contributed by atoms with Crippen LogP contribution in [0.15, 0.2) is 0 Å². The highest BCUT2D eigenvalue weighted by Crippen LogP contribution is 2.33. The standard InChI is InChI=1S/C16H32N2/c1-13(2)15-6-8-16(9-7-15)18-10-4-5-14(12-18)11-17-3/h13-17H,4-12H2,1-3H3. The monoisotopic (exact) mass is 252 g/mol. The van der Waals surface area contributed by atoms with Crippen molar-refractivity contribution < 1.29 is 0 Å². The molecular formula is C16H32N2. The fraction of sp³-hybridized carbons (Fsp3) is 1.00. The highest BCUT2D eigenvalue weighted by Gasteiger charge is 2.29. The predicted octanol–water partition coefficient (Wildman–Crippen LogP) is 3.13. The third-order valence-electron chi connectivity index (χ3n) is 5.24. The minimum atomic E-state index is 0.893. The van der Waals surface area contributed by atoms with Crippen LogP contribution in [0, 0.1) is 17.8 Å². The smallest absolute Gasteiger partial charge is 0.00955 e. The lowest BCUT2D eigenvalue weighted by Crippen LogP contribution is -2.46. The Morgan fingerprint density at radius 3 is 2.44 bits per heavy atom. The Bertz CT molecular complexity index is 229. The highest BCUT2D eigenvalue weighted by molar-refractivity contribution is 4.84. The molecule has 2 nitrogen and oxygen atoms in total. The van der Waals surface area contributed by atoms with Crippen molar-refractivity contribution in [3.05, 3.63) is 0 Å². The fourth-order valence-electron chi connectivity index (χ4n) is 4.02. The van der Waals surface area contributed by atoms with Gasteiger partial charge in [0.25, 0.3) is 0 Å². The summed E-state index contributed by atoms with van der Waals surface area (Å²) < 4.78 is 0. The molecule has 2 rings (SSSR count). The molecule has 0 amide bonds. The Labute approximate surface area is 114 Å². The van der Waals surface area contributed by atoms with Gasteiger partial charge >= 0.3 is 0 Å². The molecule has 1 aliphatic carbocycles. The molecule has 0 aromatic heterocycles. The van der Waals surface area contributed by atoms with Gasteiger partial charge in [-0.15, -0.1) is 0 Å². The van der Waals surface area contributed by atoms with E-state index in [1.165, 1.54) is 58.2 Å². The summed E-state index contributed by atoms with van der Waals surface area (Å²) in [4.78, 5) is 2.81. The Balaban J connectivity index is 1.78. The number of hydrogen-bond acceptors (Lipinski definition) is 2. The average Bonchev–Trinajstić information content (AvgIpc) is 2.39. The molecule has 18 heavy (non-hydrogen) atoms. The molecule has 0 aromatic rings. The zero-order valence-electron chi connectivity index (χ0n) is 12.6. The molecule has 106 valence electrons. The van der Waals surface area contributed by atoms with Crippen LogP contribution in [-0.4, -0.2) is 37.6 Å². The van der Waals surface area contributed by atoms with Gasteiger partial charge in [0.05, 0.1) is 0 Å². The Morgan fingerprint density at radius 1 is 1.11 bits per heavy atom. The van der Waals surface area contributed by atoms with Crippen molar-refractivity contribution in [1.82, 2.24) is 10.2 Å². The van der Waals surface area contributed by atoms with Crippen LogP contribution in [0.2, 0.25) is 0 Å². The summed E-state index contributed by atoms with van der Waals surface area (Å²) in [5, 5.41) is 3.36. The average molecular weight is 252 g/mol. The topological polar surface area (TPSA) is 15.3 Å². The molecular weight excluding hydrogens is 220 g/mol. The molecule has 0 spiro atoms. The molecule has 1 saturated heterocycles. The number of piperidine rings is 1. The van der Waals surface area contributed by atoms with Crippen LogP contribution in [0.4, 0.5) is 0 Å². The summed E-state index contributed by atoms with van der Waals surface area (Å²) in [6, 6.07) is 0.902. The van der Waals surface area contributed by atoms with Crippen molar-refractivity contribution in [2.45, 2.75) is 58.4 Å². The van der Waals surface area contributed by atoms with E-state index < -0.39 is 0 Å². The van der Waals surface area contributed by atoms with E-state index in [0.717, 1.165) is 23.8 Å². The molecule has 0 bridgehead atoms. The van der Waals surface area contributed by atoms with Crippen molar-refractivity contribution >= 4 is 0 Å². The molecule has 1 unspecified atom stereocenters. The van der Waals surface area contributed by atoms with Gasteiger partial charge in [0.1, 0.15) is 0 Å². The maximum absolute atomic E-state index is 3.36. The Kier molecular flexibility index (Phi) is 5.50. The highest BCUT2D eigenvalue weighted by atomic mass is 15.2. The lowest BCUT2D eigenvalue weighted by atomic mass is 9.78. The molecule has 1 saturated carbocycles. The Hall–Kier alpha value is -0.0800. The second kappa shape index (κ2) is 6.91. The van der Waals surface area contributed by atoms with Crippen LogP contribution in [0.5, 0.6) is 0 Å². The number of hydrogen-bond donors (Lipinski definition) is 1. The quantitative estimate of drug-likeness (QED) is 0.827. The molecule has 2 fully saturated rings. The second-order valence-electron chi connectivity index (χ2n) is 6.87. The van der Waals surface area contributed by atoms with E-state index in [0.29, 0.717) is 0 Å². The van der Waals surface area contributed by atoms with Crippen LogP contribution in [0.1, 0.15) is 52.4 Å². The van der Waals surface area contributed by atoms with Crippen LogP contribution in [-0.2, 0) is 0 Å². The largest absolute Gasteiger partial charge is 0.319 e. The van der Waals surface area contributed by atoms with Gasteiger partial charge in [0.15, 0.2) is 0 Å². The van der Waals surface area contributed by atoms with E-state index in [4.69, 9.17) is 0 Å². The van der Waals surface area contributed by atoms with Gasteiger partial charge < -0.3 is 10.2 Å². The van der Waals surface area contributed by atoms with E-state index in [1.54, 1.807) is 0 Å². The van der Waals surface area contributed by atoms with Crippen molar-refractivity contribution in [2.75, 3.05) is 26.7 Å². The van der Waals surface area contributed by atoms with Gasteiger partial charge in [-0.2, -0.15) is 0 Å². The first kappa shape index (κ1) is 14.3. The second-order valence-corrected chi connectivity index (χ2v) is 6.87. The van der Waals surface area contributed by atoms with Crippen LogP contribution >= 0.6 is 0 Å². The maximum atomic E-state index is 3.36. The first-order valence-electron chi connectivity index (χ1n) is 8.09. The Morgan fingerprint density at radius 2 is 1.83 bits per heavy atom. The van der Waals surface area contributed by atoms with E-state index in [9.17, 15) is 0 Å². The minimum absolute atomic E-state index is 0.893. The number of nitrogens with zero attached hydrogens (tertiary/aromatic N) is 1. The normalized spacial score (nSPS) is 35.0. The molecule has 2 heteroatoms. The van der Waals surface area contributed by atoms with E-state index in [2.05, 4.69) is 31.1 Å². The number of nitrogens with one attached hydrogen (secondary N) is 1. The zero-order chi connectivity index (χ0) is 13.0. The summed E-state index contributed by atoms with van der Waals surface area (Å²) in [7, 11) is 2.09. The fourth-order valence-corrected chi connectivity index (χ4v) is 4.02. The third-order valence-corrected chi connectivity index (χ3v) is 5.24. The maximum Gasteiger partial charge on any atom is 0.00955 e. The molecule has 0 aromatic carbocycles. The van der Waals surface area contributed by atoms with Crippen molar-refractivity contribution in [3.63, 3.8) is 0 Å².